The molecule has 1 saturated heterocycles. The van der Waals surface area contributed by atoms with E-state index >= 15 is 0 Å². The van der Waals surface area contributed by atoms with Crippen LogP contribution in [0.15, 0.2) is 0 Å². The number of carbonyl (C=O) groups is 2. The van der Waals surface area contributed by atoms with Crippen LogP contribution in [0.4, 0.5) is 4.79 Å². The Hall–Kier alpha value is -1.26. The summed E-state index contributed by atoms with van der Waals surface area (Å²) >= 11 is 0. The van der Waals surface area contributed by atoms with Crippen LogP contribution in [0.25, 0.3) is 0 Å². The predicted octanol–water partition coefficient (Wildman–Crippen LogP) is 2.71. The van der Waals surface area contributed by atoms with Gasteiger partial charge in [0.2, 0.25) is 0 Å². The number of carbonyl (C=O) groups excluding carboxylic acids is 1. The van der Waals surface area contributed by atoms with Crippen molar-refractivity contribution >= 4 is 12.0 Å². The Morgan fingerprint density at radius 1 is 1.30 bits per heavy atom. The molecule has 0 saturated carbocycles. The first kappa shape index (κ1) is 16.8. The van der Waals surface area contributed by atoms with E-state index < -0.39 is 12.0 Å². The molecule has 1 unspecified atom stereocenters. The van der Waals surface area contributed by atoms with Crippen LogP contribution in [-0.2, 0) is 4.79 Å². The Balaban J connectivity index is 2.48. The molecule has 1 rings (SSSR count). The number of amides is 2. The van der Waals surface area contributed by atoms with Crippen molar-refractivity contribution < 1.29 is 14.7 Å². The van der Waals surface area contributed by atoms with Crippen LogP contribution >= 0.6 is 0 Å². The van der Waals surface area contributed by atoms with Gasteiger partial charge in [0.15, 0.2) is 0 Å². The number of nitrogens with zero attached hydrogens (tertiary/aromatic N) is 1. The molecule has 0 radical (unpaired) electrons. The Morgan fingerprint density at radius 2 is 1.85 bits per heavy atom. The summed E-state index contributed by atoms with van der Waals surface area (Å²) in [6, 6.07) is -1.01. The summed E-state index contributed by atoms with van der Waals surface area (Å²) in [5.41, 5.74) is 0.272. The van der Waals surface area contributed by atoms with Gasteiger partial charge in [0.05, 0.1) is 0 Å². The number of carboxylic acid groups (broad SMARTS) is 1. The molecule has 20 heavy (non-hydrogen) atoms. The fourth-order valence-electron chi connectivity index (χ4n) is 2.73. The largest absolute Gasteiger partial charge is 0.480 e. The topological polar surface area (TPSA) is 69.6 Å². The van der Waals surface area contributed by atoms with Gasteiger partial charge < -0.3 is 15.3 Å². The second-order valence-corrected chi connectivity index (χ2v) is 6.76. The van der Waals surface area contributed by atoms with E-state index in [1.807, 2.05) is 6.92 Å². The SMILES string of the molecule is CCCC(NC(=O)N1CCC(C(C)(C)C)CC1)C(=O)O. The van der Waals surface area contributed by atoms with Gasteiger partial charge in [0, 0.05) is 13.1 Å². The number of hydrogen-bond donors (Lipinski definition) is 2. The highest BCUT2D eigenvalue weighted by atomic mass is 16.4. The molecule has 0 bridgehead atoms. The molecule has 2 N–H and O–H groups in total. The summed E-state index contributed by atoms with van der Waals surface area (Å²) in [7, 11) is 0. The van der Waals surface area contributed by atoms with Gasteiger partial charge in [-0.25, -0.2) is 9.59 Å². The number of likely N-dealkylation sites (tertiary alicyclic amines) is 1. The molecule has 0 spiro atoms. The molecular formula is C15H28N2O3. The van der Waals surface area contributed by atoms with Crippen molar-refractivity contribution in [1.82, 2.24) is 10.2 Å². The summed E-state index contributed by atoms with van der Waals surface area (Å²) in [6.07, 6.45) is 3.19. The van der Waals surface area contributed by atoms with E-state index in [2.05, 4.69) is 26.1 Å². The van der Waals surface area contributed by atoms with E-state index in [1.54, 1.807) is 4.90 Å². The number of nitrogens with one attached hydrogen (secondary N) is 1. The highest BCUT2D eigenvalue weighted by Gasteiger charge is 2.31. The second kappa shape index (κ2) is 6.95. The van der Waals surface area contributed by atoms with Crippen LogP contribution in [-0.4, -0.2) is 41.1 Å². The fourth-order valence-corrected chi connectivity index (χ4v) is 2.73. The number of carboxylic acids is 1. The highest BCUT2D eigenvalue weighted by Crippen LogP contribution is 2.34. The Morgan fingerprint density at radius 3 is 2.25 bits per heavy atom. The maximum Gasteiger partial charge on any atom is 0.326 e. The Bertz CT molecular complexity index is 342. The van der Waals surface area contributed by atoms with Crippen LogP contribution in [0, 0.1) is 11.3 Å². The van der Waals surface area contributed by atoms with Crippen LogP contribution in [0.5, 0.6) is 0 Å². The lowest BCUT2D eigenvalue weighted by Crippen LogP contribution is -2.50. The van der Waals surface area contributed by atoms with Gasteiger partial charge in [0.25, 0.3) is 0 Å². The first-order valence-electron chi connectivity index (χ1n) is 7.54. The molecule has 2 amide bonds. The second-order valence-electron chi connectivity index (χ2n) is 6.76. The zero-order valence-corrected chi connectivity index (χ0v) is 13.1. The summed E-state index contributed by atoms with van der Waals surface area (Å²) in [4.78, 5) is 24.9. The monoisotopic (exact) mass is 284 g/mol. The van der Waals surface area contributed by atoms with Crippen molar-refractivity contribution in [3.8, 4) is 0 Å². The smallest absolute Gasteiger partial charge is 0.326 e. The molecule has 1 atom stereocenters. The minimum Gasteiger partial charge on any atom is -0.480 e. The van der Waals surface area contributed by atoms with E-state index in [-0.39, 0.29) is 11.4 Å². The lowest BCUT2D eigenvalue weighted by Gasteiger charge is -2.39. The zero-order valence-electron chi connectivity index (χ0n) is 13.1. The van der Waals surface area contributed by atoms with Crippen LogP contribution in [0.3, 0.4) is 0 Å². The molecule has 1 aliphatic rings. The molecule has 116 valence electrons. The van der Waals surface area contributed by atoms with Crippen LogP contribution in [0.1, 0.15) is 53.4 Å². The van der Waals surface area contributed by atoms with Crippen LogP contribution in [0.2, 0.25) is 0 Å². The fraction of sp³-hybridized carbons (Fsp3) is 0.867. The van der Waals surface area contributed by atoms with Gasteiger partial charge in [0.1, 0.15) is 6.04 Å². The van der Waals surface area contributed by atoms with Crippen molar-refractivity contribution in [2.45, 2.75) is 59.4 Å². The number of hydrogen-bond acceptors (Lipinski definition) is 2. The molecule has 1 fully saturated rings. The van der Waals surface area contributed by atoms with Crippen molar-refractivity contribution in [3.05, 3.63) is 0 Å². The van der Waals surface area contributed by atoms with Crippen LogP contribution < -0.4 is 5.32 Å². The molecule has 0 aromatic rings. The summed E-state index contributed by atoms with van der Waals surface area (Å²) in [6.45, 7) is 10.0. The Kier molecular flexibility index (Phi) is 5.84. The Labute approximate surface area is 121 Å². The summed E-state index contributed by atoms with van der Waals surface area (Å²) < 4.78 is 0. The van der Waals surface area contributed by atoms with E-state index in [9.17, 15) is 9.59 Å². The van der Waals surface area contributed by atoms with E-state index in [0.29, 0.717) is 25.4 Å². The lowest BCUT2D eigenvalue weighted by atomic mass is 9.75. The lowest BCUT2D eigenvalue weighted by molar-refractivity contribution is -0.139. The third-order valence-corrected chi connectivity index (χ3v) is 4.18. The first-order valence-corrected chi connectivity index (χ1v) is 7.54. The van der Waals surface area contributed by atoms with Gasteiger partial charge in [-0.3, -0.25) is 0 Å². The average molecular weight is 284 g/mol. The number of piperidine rings is 1. The van der Waals surface area contributed by atoms with Crippen molar-refractivity contribution in [1.29, 1.82) is 0 Å². The third-order valence-electron chi connectivity index (χ3n) is 4.18. The van der Waals surface area contributed by atoms with E-state index in [1.165, 1.54) is 0 Å². The van der Waals surface area contributed by atoms with Gasteiger partial charge in [-0.1, -0.05) is 34.1 Å². The summed E-state index contributed by atoms with van der Waals surface area (Å²) in [5.74, 6) is -0.331. The number of rotatable bonds is 4. The number of aliphatic carboxylic acids is 1. The molecule has 1 aliphatic heterocycles. The minimum atomic E-state index is -0.954. The van der Waals surface area contributed by atoms with Gasteiger partial charge >= 0.3 is 12.0 Å². The molecule has 0 aromatic carbocycles. The minimum absolute atomic E-state index is 0.238. The molecular weight excluding hydrogens is 256 g/mol. The van der Waals surface area contributed by atoms with E-state index in [0.717, 1.165) is 19.3 Å². The van der Waals surface area contributed by atoms with Gasteiger partial charge in [-0.15, -0.1) is 0 Å². The maximum absolute atomic E-state index is 12.1. The molecule has 5 nitrogen and oxygen atoms in total. The van der Waals surface area contributed by atoms with Crippen molar-refractivity contribution in [3.63, 3.8) is 0 Å². The highest BCUT2D eigenvalue weighted by molar-refractivity contribution is 5.82. The standard InChI is InChI=1S/C15H28N2O3/c1-5-6-12(13(18)19)16-14(20)17-9-7-11(8-10-17)15(2,3)4/h11-12H,5-10H2,1-4H3,(H,16,20)(H,18,19). The average Bonchev–Trinajstić information content (AvgIpc) is 2.37. The van der Waals surface area contributed by atoms with Gasteiger partial charge in [-0.05, 0) is 30.6 Å². The molecule has 0 aliphatic carbocycles. The predicted molar refractivity (Wildman–Crippen MR) is 78.6 cm³/mol. The molecule has 5 heteroatoms. The van der Waals surface area contributed by atoms with Crippen molar-refractivity contribution in [2.24, 2.45) is 11.3 Å². The maximum atomic E-state index is 12.1. The number of urea groups is 1. The van der Waals surface area contributed by atoms with Gasteiger partial charge in [-0.2, -0.15) is 0 Å². The van der Waals surface area contributed by atoms with Crippen molar-refractivity contribution in [2.75, 3.05) is 13.1 Å². The normalized spacial score (nSPS) is 18.7. The third kappa shape index (κ3) is 4.69. The molecule has 0 aromatic heterocycles. The quantitative estimate of drug-likeness (QED) is 0.834. The van der Waals surface area contributed by atoms with E-state index in [4.69, 9.17) is 5.11 Å². The zero-order chi connectivity index (χ0) is 15.3. The molecule has 1 heterocycles. The summed E-state index contributed by atoms with van der Waals surface area (Å²) in [5, 5.41) is 11.7. The first-order chi connectivity index (χ1) is 9.25.